The van der Waals surface area contributed by atoms with Crippen LogP contribution in [0.25, 0.3) is 0 Å². The van der Waals surface area contributed by atoms with Crippen LogP contribution in [0.2, 0.25) is 0 Å². The van der Waals surface area contributed by atoms with E-state index in [1.165, 1.54) is 22.7 Å². The van der Waals surface area contributed by atoms with Gasteiger partial charge in [0.25, 0.3) is 11.6 Å². The van der Waals surface area contributed by atoms with Crippen LogP contribution in [-0.2, 0) is 0 Å². The van der Waals surface area contributed by atoms with Crippen molar-refractivity contribution in [1.82, 2.24) is 4.90 Å². The SMILES string of the molecule is CSC1=NCCCN1C(=O)c1cc(C)ccc1[N+](=O)[O-]. The summed E-state index contributed by atoms with van der Waals surface area (Å²) in [5.74, 6) is -0.354. The zero-order chi connectivity index (χ0) is 14.7. The van der Waals surface area contributed by atoms with Gasteiger partial charge in [0.05, 0.1) is 4.92 Å². The van der Waals surface area contributed by atoms with Crippen molar-refractivity contribution in [3.05, 3.63) is 39.4 Å². The lowest BCUT2D eigenvalue weighted by Crippen LogP contribution is -2.39. The number of aryl methyl sites for hydroxylation is 1. The molecule has 0 unspecified atom stereocenters. The molecule has 1 heterocycles. The molecule has 0 aliphatic carbocycles. The zero-order valence-electron chi connectivity index (χ0n) is 11.3. The van der Waals surface area contributed by atoms with E-state index >= 15 is 0 Å². The predicted molar refractivity (Wildman–Crippen MR) is 79.3 cm³/mol. The third-order valence-electron chi connectivity index (χ3n) is 3.02. The van der Waals surface area contributed by atoms with E-state index < -0.39 is 4.92 Å². The van der Waals surface area contributed by atoms with Crippen molar-refractivity contribution in [2.75, 3.05) is 19.3 Å². The molecule has 0 saturated carbocycles. The van der Waals surface area contributed by atoms with Crippen LogP contribution >= 0.6 is 11.8 Å². The molecule has 0 spiro atoms. The normalized spacial score (nSPS) is 14.9. The summed E-state index contributed by atoms with van der Waals surface area (Å²) in [7, 11) is 0. The van der Waals surface area contributed by atoms with Gasteiger partial charge in [0.15, 0.2) is 5.17 Å². The van der Waals surface area contributed by atoms with Gasteiger partial charge in [0.2, 0.25) is 0 Å². The number of nitro benzene ring substituents is 1. The number of thioether (sulfide) groups is 1. The molecule has 0 aromatic heterocycles. The maximum atomic E-state index is 12.6. The molecule has 1 aromatic carbocycles. The molecule has 0 bridgehead atoms. The van der Waals surface area contributed by atoms with E-state index in [2.05, 4.69) is 4.99 Å². The van der Waals surface area contributed by atoms with Crippen LogP contribution in [0.4, 0.5) is 5.69 Å². The molecule has 1 aromatic rings. The number of carbonyl (C=O) groups is 1. The lowest BCUT2D eigenvalue weighted by Gasteiger charge is -2.26. The van der Waals surface area contributed by atoms with Gasteiger partial charge in [-0.05, 0) is 31.2 Å². The number of benzene rings is 1. The second kappa shape index (κ2) is 6.04. The van der Waals surface area contributed by atoms with E-state index in [1.54, 1.807) is 19.1 Å². The molecule has 0 fully saturated rings. The molecule has 0 atom stereocenters. The van der Waals surface area contributed by atoms with Gasteiger partial charge in [-0.25, -0.2) is 0 Å². The van der Waals surface area contributed by atoms with Crippen molar-refractivity contribution in [2.24, 2.45) is 4.99 Å². The van der Waals surface area contributed by atoms with Gasteiger partial charge in [-0.3, -0.25) is 24.8 Å². The number of aliphatic imine (C=N–C) groups is 1. The Morgan fingerprint density at radius 1 is 1.50 bits per heavy atom. The number of amides is 1. The third-order valence-corrected chi connectivity index (χ3v) is 3.74. The Kier molecular flexibility index (Phi) is 4.39. The molecule has 0 radical (unpaired) electrons. The van der Waals surface area contributed by atoms with Gasteiger partial charge in [-0.1, -0.05) is 17.8 Å². The number of hydrogen-bond acceptors (Lipinski definition) is 5. The quantitative estimate of drug-likeness (QED) is 0.620. The van der Waals surface area contributed by atoms with Gasteiger partial charge in [0.1, 0.15) is 5.56 Å². The fourth-order valence-electron chi connectivity index (χ4n) is 2.07. The Hall–Kier alpha value is -1.89. The average Bonchev–Trinajstić information content (AvgIpc) is 2.46. The first-order chi connectivity index (χ1) is 9.54. The maximum absolute atomic E-state index is 12.6. The minimum atomic E-state index is -0.521. The molecule has 1 aliphatic rings. The van der Waals surface area contributed by atoms with Gasteiger partial charge >= 0.3 is 0 Å². The van der Waals surface area contributed by atoms with Crippen molar-refractivity contribution >= 4 is 28.5 Å². The molecule has 2 rings (SSSR count). The third kappa shape index (κ3) is 2.82. The Bertz CT molecular complexity index is 586. The summed E-state index contributed by atoms with van der Waals surface area (Å²) in [6.07, 6.45) is 2.62. The van der Waals surface area contributed by atoms with E-state index in [1.807, 2.05) is 6.26 Å². The minimum Gasteiger partial charge on any atom is -0.287 e. The standard InChI is InChI=1S/C13H15N3O3S/c1-9-4-5-11(16(18)19)10(8-9)12(17)15-7-3-6-14-13(15)20-2/h4-5,8H,3,6-7H2,1-2H3. The fourth-order valence-corrected chi connectivity index (χ4v) is 2.69. The zero-order valence-corrected chi connectivity index (χ0v) is 12.1. The van der Waals surface area contributed by atoms with Crippen molar-refractivity contribution < 1.29 is 9.72 Å². The Morgan fingerprint density at radius 3 is 2.90 bits per heavy atom. The molecular formula is C13H15N3O3S. The van der Waals surface area contributed by atoms with E-state index in [0.717, 1.165) is 12.0 Å². The van der Waals surface area contributed by atoms with Gasteiger partial charge < -0.3 is 0 Å². The summed E-state index contributed by atoms with van der Waals surface area (Å²) in [5, 5.41) is 11.7. The summed E-state index contributed by atoms with van der Waals surface area (Å²) in [6, 6.07) is 4.57. The van der Waals surface area contributed by atoms with Crippen LogP contribution in [-0.4, -0.2) is 40.2 Å². The van der Waals surface area contributed by atoms with Crippen LogP contribution < -0.4 is 0 Å². The minimum absolute atomic E-state index is 0.124. The highest BCUT2D eigenvalue weighted by atomic mass is 32.2. The summed E-state index contributed by atoms with van der Waals surface area (Å²) in [6.45, 7) is 3.04. The summed E-state index contributed by atoms with van der Waals surface area (Å²) < 4.78 is 0. The predicted octanol–water partition coefficient (Wildman–Crippen LogP) is 2.47. The van der Waals surface area contributed by atoms with E-state index in [9.17, 15) is 14.9 Å². The highest BCUT2D eigenvalue weighted by Crippen LogP contribution is 2.24. The molecule has 7 heteroatoms. The summed E-state index contributed by atoms with van der Waals surface area (Å²) >= 11 is 1.38. The molecule has 0 saturated heterocycles. The second-order valence-electron chi connectivity index (χ2n) is 4.46. The van der Waals surface area contributed by atoms with Crippen LogP contribution in [0.1, 0.15) is 22.3 Å². The number of nitrogens with zero attached hydrogens (tertiary/aromatic N) is 3. The molecule has 106 valence electrons. The Labute approximate surface area is 121 Å². The largest absolute Gasteiger partial charge is 0.287 e. The lowest BCUT2D eigenvalue weighted by atomic mass is 10.1. The molecule has 1 amide bonds. The van der Waals surface area contributed by atoms with Crippen molar-refractivity contribution in [3.8, 4) is 0 Å². The number of hydrogen-bond donors (Lipinski definition) is 0. The van der Waals surface area contributed by atoms with Crippen LogP contribution in [0, 0.1) is 17.0 Å². The second-order valence-corrected chi connectivity index (χ2v) is 5.23. The smallest absolute Gasteiger partial charge is 0.282 e. The van der Waals surface area contributed by atoms with E-state index in [-0.39, 0.29) is 17.2 Å². The van der Waals surface area contributed by atoms with Crippen molar-refractivity contribution in [1.29, 1.82) is 0 Å². The summed E-state index contributed by atoms with van der Waals surface area (Å²) in [5.41, 5.74) is 0.781. The topological polar surface area (TPSA) is 75.8 Å². The summed E-state index contributed by atoms with van der Waals surface area (Å²) in [4.78, 5) is 28.9. The Balaban J connectivity index is 2.42. The molecule has 6 nitrogen and oxygen atoms in total. The maximum Gasteiger partial charge on any atom is 0.282 e. The van der Waals surface area contributed by atoms with Crippen LogP contribution in [0.5, 0.6) is 0 Å². The van der Waals surface area contributed by atoms with Crippen molar-refractivity contribution in [3.63, 3.8) is 0 Å². The first-order valence-electron chi connectivity index (χ1n) is 6.20. The highest BCUT2D eigenvalue weighted by molar-refractivity contribution is 8.13. The molecule has 1 aliphatic heterocycles. The average molecular weight is 293 g/mol. The van der Waals surface area contributed by atoms with E-state index in [0.29, 0.717) is 18.3 Å². The number of nitro groups is 1. The fraction of sp³-hybridized carbons (Fsp3) is 0.385. The highest BCUT2D eigenvalue weighted by Gasteiger charge is 2.28. The van der Waals surface area contributed by atoms with Gasteiger partial charge in [-0.2, -0.15) is 0 Å². The number of rotatable bonds is 2. The van der Waals surface area contributed by atoms with Crippen LogP contribution in [0.3, 0.4) is 0 Å². The first-order valence-corrected chi connectivity index (χ1v) is 7.42. The van der Waals surface area contributed by atoms with Gasteiger partial charge in [-0.15, -0.1) is 0 Å². The monoisotopic (exact) mass is 293 g/mol. The number of carbonyl (C=O) groups excluding carboxylic acids is 1. The molecule has 0 N–H and O–H groups in total. The first kappa shape index (κ1) is 14.5. The molecular weight excluding hydrogens is 278 g/mol. The van der Waals surface area contributed by atoms with Crippen LogP contribution in [0.15, 0.2) is 23.2 Å². The van der Waals surface area contributed by atoms with Crippen molar-refractivity contribution in [2.45, 2.75) is 13.3 Å². The Morgan fingerprint density at radius 2 is 2.25 bits per heavy atom. The number of amidine groups is 1. The molecule has 20 heavy (non-hydrogen) atoms. The van der Waals surface area contributed by atoms with Gasteiger partial charge in [0, 0.05) is 19.2 Å². The lowest BCUT2D eigenvalue weighted by molar-refractivity contribution is -0.385. The van der Waals surface area contributed by atoms with E-state index in [4.69, 9.17) is 0 Å².